The molecule has 4 aliphatic heterocycles. The van der Waals surface area contributed by atoms with E-state index in [0.717, 1.165) is 0 Å². The van der Waals surface area contributed by atoms with Gasteiger partial charge in [0.25, 0.3) is 0 Å². The van der Waals surface area contributed by atoms with Crippen LogP contribution in [0, 0.1) is 5.92 Å². The highest BCUT2D eigenvalue weighted by atomic mass is 16.7. The molecule has 0 bridgehead atoms. The number of nitrogens with one attached hydrogen (secondary N) is 5. The van der Waals surface area contributed by atoms with Crippen LogP contribution in [0.1, 0.15) is 72.1 Å². The lowest BCUT2D eigenvalue weighted by Crippen LogP contribution is -2.63. The molecule has 0 saturated carbocycles. The maximum absolute atomic E-state index is 13.3. The third-order valence-electron chi connectivity index (χ3n) is 13.9. The Morgan fingerprint density at radius 1 is 0.438 bits per heavy atom. The lowest BCUT2D eigenvalue weighted by atomic mass is 9.90. The number of ether oxygens (including phenoxy) is 8. The summed E-state index contributed by atoms with van der Waals surface area (Å²) in [6.45, 7) is 2.32. The standard InChI is InChI=1S/C49H88N6O25/c1-4-50-30(58)11-7-5-9-13-51-32(60)19-55(20-33(61)52-14-10-6-8-12-31(59)53-15-17-73-46-41(69)38(66)35(63)26(3)76-46)21-34(62)54-16-18-74-48-44(72)45(80-49-43(71)40(68)37(65)28(23-57)78-49)25(2)29(79-48)24-75-47-42(70)39(67)36(64)27(22-56)77-47/h25-29,35-49,56-57,63-72H,4-24H2,1-3H3,(H,50,58)(H,51,60)(H,52,61)(H,53,59)(H,54,62)/t25-,26+,27-,28-,29-,35-,36-,37-,38-,39+,40+,41+,42+,43+,44+,45+,46-,47+,48+,49-/m1/s1. The summed E-state index contributed by atoms with van der Waals surface area (Å²) in [6.07, 6.45) is -24.5. The molecule has 31 nitrogen and oxygen atoms in total. The Balaban J connectivity index is 1.29. The first-order valence-corrected chi connectivity index (χ1v) is 27.3. The van der Waals surface area contributed by atoms with Crippen LogP contribution in [0.5, 0.6) is 0 Å². The van der Waals surface area contributed by atoms with Crippen LogP contribution in [-0.2, 0) is 61.9 Å². The monoisotopic (exact) mass is 1160 g/mol. The van der Waals surface area contributed by atoms with Crippen molar-refractivity contribution in [3.8, 4) is 0 Å². The van der Waals surface area contributed by atoms with Gasteiger partial charge >= 0.3 is 0 Å². The van der Waals surface area contributed by atoms with Gasteiger partial charge < -0.3 is 126 Å². The van der Waals surface area contributed by atoms with Crippen LogP contribution >= 0.6 is 0 Å². The van der Waals surface area contributed by atoms with Crippen molar-refractivity contribution in [3.05, 3.63) is 0 Å². The summed E-state index contributed by atoms with van der Waals surface area (Å²) >= 11 is 0. The summed E-state index contributed by atoms with van der Waals surface area (Å²) in [5, 5.41) is 137. The molecule has 31 heteroatoms. The number of hydrogen-bond donors (Lipinski definition) is 17. The van der Waals surface area contributed by atoms with Crippen LogP contribution in [0.2, 0.25) is 0 Å². The zero-order valence-electron chi connectivity index (χ0n) is 45.5. The van der Waals surface area contributed by atoms with Crippen molar-refractivity contribution in [2.45, 2.75) is 189 Å². The van der Waals surface area contributed by atoms with Gasteiger partial charge in [-0.1, -0.05) is 19.8 Å². The molecule has 0 aromatic rings. The molecule has 464 valence electrons. The zero-order valence-corrected chi connectivity index (χ0v) is 45.5. The predicted octanol–water partition coefficient (Wildman–Crippen LogP) is -8.41. The molecule has 17 N–H and O–H groups in total. The SMILES string of the molecule is CCNC(=O)CCCCCNC(=O)CN(CC(=O)NCCCCCC(=O)NCCO[C@@H]1O[C@@H](C)[C@@H](O)[C@@H](O)[C@@H]1O)CC(=O)NCCO[C@H]1O[C@H](CO[C@H]2O[C@H](CO)[C@@H](O)[C@H](O)[C@@H]2O)[C@@H](C)[C@H](O[C@H]2O[C@H](CO)[C@@H](O)[C@H](O)[C@@H]2O)[C@@H]1O. The molecule has 4 fully saturated rings. The van der Waals surface area contributed by atoms with Gasteiger partial charge in [-0.05, 0) is 39.5 Å². The highest BCUT2D eigenvalue weighted by Crippen LogP contribution is 2.34. The third-order valence-corrected chi connectivity index (χ3v) is 13.9. The smallest absolute Gasteiger partial charge is 0.234 e. The topological polar surface area (TPSA) is 465 Å². The lowest BCUT2D eigenvalue weighted by Gasteiger charge is -2.47. The number of aliphatic hydroxyl groups excluding tert-OH is 12. The molecule has 0 aromatic carbocycles. The largest absolute Gasteiger partial charge is 0.394 e. The van der Waals surface area contributed by atoms with E-state index < -0.39 is 167 Å². The first-order valence-electron chi connectivity index (χ1n) is 27.3. The maximum Gasteiger partial charge on any atom is 0.234 e. The molecule has 4 rings (SSSR count). The normalized spacial score (nSPS) is 34.6. The number of aliphatic hydroxyl groups is 12. The molecule has 4 aliphatic rings. The minimum Gasteiger partial charge on any atom is -0.394 e. The molecule has 4 saturated heterocycles. The van der Waals surface area contributed by atoms with Gasteiger partial charge in [0.2, 0.25) is 29.5 Å². The second-order valence-corrected chi connectivity index (χ2v) is 20.3. The minimum atomic E-state index is -1.86. The van der Waals surface area contributed by atoms with Crippen LogP contribution in [0.3, 0.4) is 0 Å². The molecular weight excluding hydrogens is 1070 g/mol. The van der Waals surface area contributed by atoms with Crippen LogP contribution in [0.15, 0.2) is 0 Å². The summed E-state index contributed by atoms with van der Waals surface area (Å²) in [5.74, 6) is -2.83. The van der Waals surface area contributed by atoms with Gasteiger partial charge in [0, 0.05) is 51.5 Å². The van der Waals surface area contributed by atoms with Crippen molar-refractivity contribution in [2.24, 2.45) is 5.92 Å². The Morgan fingerprint density at radius 2 is 0.850 bits per heavy atom. The number of nitrogens with zero attached hydrogens (tertiary/aromatic N) is 1. The van der Waals surface area contributed by atoms with Crippen molar-refractivity contribution in [1.82, 2.24) is 31.5 Å². The number of unbranched alkanes of at least 4 members (excludes halogenated alkanes) is 4. The average Bonchev–Trinajstić information content (AvgIpc) is 3.54. The van der Waals surface area contributed by atoms with E-state index in [2.05, 4.69) is 26.6 Å². The quantitative estimate of drug-likeness (QED) is 0.0266. The predicted molar refractivity (Wildman–Crippen MR) is 271 cm³/mol. The fraction of sp³-hybridized carbons (Fsp3) is 0.898. The highest BCUT2D eigenvalue weighted by molar-refractivity contribution is 5.84. The summed E-state index contributed by atoms with van der Waals surface area (Å²) in [4.78, 5) is 64.9. The fourth-order valence-electron chi connectivity index (χ4n) is 9.15. The number of hydrogen-bond acceptors (Lipinski definition) is 26. The minimum absolute atomic E-state index is 0.0249. The van der Waals surface area contributed by atoms with E-state index in [4.69, 9.17) is 37.9 Å². The van der Waals surface area contributed by atoms with Crippen LogP contribution in [0.25, 0.3) is 0 Å². The van der Waals surface area contributed by atoms with Gasteiger partial charge in [-0.3, -0.25) is 28.9 Å². The first-order chi connectivity index (χ1) is 38.1. The van der Waals surface area contributed by atoms with Crippen molar-refractivity contribution in [1.29, 1.82) is 0 Å². The van der Waals surface area contributed by atoms with E-state index in [-0.39, 0.29) is 70.7 Å². The van der Waals surface area contributed by atoms with Crippen LogP contribution in [-0.4, -0.2) is 298 Å². The molecule has 0 aromatic heterocycles. The van der Waals surface area contributed by atoms with Gasteiger partial charge in [0.15, 0.2) is 25.2 Å². The Kier molecular flexibility index (Phi) is 30.7. The fourth-order valence-corrected chi connectivity index (χ4v) is 9.15. The van der Waals surface area contributed by atoms with Crippen LogP contribution in [0.4, 0.5) is 0 Å². The second kappa shape index (κ2) is 35.6. The van der Waals surface area contributed by atoms with Gasteiger partial charge in [0.05, 0.1) is 71.0 Å². The Morgan fingerprint density at radius 3 is 1.35 bits per heavy atom. The number of carbonyl (C=O) groups excluding carboxylic acids is 5. The summed E-state index contributed by atoms with van der Waals surface area (Å²) in [6, 6.07) is 0. The average molecular weight is 1160 g/mol. The third kappa shape index (κ3) is 21.6. The molecular formula is C49H88N6O25. The molecule has 4 heterocycles. The maximum atomic E-state index is 13.3. The summed E-state index contributed by atoms with van der Waals surface area (Å²) in [5.41, 5.74) is 0. The molecule has 80 heavy (non-hydrogen) atoms. The van der Waals surface area contributed by atoms with Crippen molar-refractivity contribution >= 4 is 29.5 Å². The van der Waals surface area contributed by atoms with Crippen molar-refractivity contribution < 1.29 is 123 Å². The molecule has 20 atom stereocenters. The van der Waals surface area contributed by atoms with Gasteiger partial charge in [-0.25, -0.2) is 0 Å². The van der Waals surface area contributed by atoms with E-state index in [9.17, 15) is 85.3 Å². The van der Waals surface area contributed by atoms with E-state index in [1.54, 1.807) is 0 Å². The molecule has 0 aliphatic carbocycles. The van der Waals surface area contributed by atoms with E-state index in [1.807, 2.05) is 6.92 Å². The van der Waals surface area contributed by atoms with Gasteiger partial charge in [-0.15, -0.1) is 0 Å². The van der Waals surface area contributed by atoms with Crippen molar-refractivity contribution in [3.63, 3.8) is 0 Å². The Bertz CT molecular complexity index is 1850. The molecule has 0 spiro atoms. The number of carbonyl (C=O) groups is 5. The highest BCUT2D eigenvalue weighted by Gasteiger charge is 2.51. The number of amides is 5. The molecule has 0 unspecified atom stereocenters. The van der Waals surface area contributed by atoms with Crippen molar-refractivity contribution in [2.75, 3.05) is 85.4 Å². The number of rotatable bonds is 34. The van der Waals surface area contributed by atoms with E-state index in [1.165, 1.54) is 18.7 Å². The van der Waals surface area contributed by atoms with E-state index >= 15 is 0 Å². The molecule has 5 amide bonds. The van der Waals surface area contributed by atoms with Gasteiger partial charge in [0.1, 0.15) is 73.2 Å². The Hall–Kier alpha value is -3.49. The lowest BCUT2D eigenvalue weighted by molar-refractivity contribution is -0.359. The van der Waals surface area contributed by atoms with Gasteiger partial charge in [-0.2, -0.15) is 0 Å². The Labute approximate surface area is 463 Å². The second-order valence-electron chi connectivity index (χ2n) is 20.3. The zero-order chi connectivity index (χ0) is 59.1. The summed E-state index contributed by atoms with van der Waals surface area (Å²) in [7, 11) is 0. The molecule has 0 radical (unpaired) electrons. The first kappa shape index (κ1) is 69.0. The van der Waals surface area contributed by atoms with Crippen LogP contribution < -0.4 is 26.6 Å². The van der Waals surface area contributed by atoms with E-state index in [0.29, 0.717) is 51.5 Å². The summed E-state index contributed by atoms with van der Waals surface area (Å²) < 4.78 is 45.3.